The fourth-order valence-electron chi connectivity index (χ4n) is 3.09. The summed E-state index contributed by atoms with van der Waals surface area (Å²) in [7, 11) is -7.38. The smallest absolute Gasteiger partial charge is 0.286 e. The summed E-state index contributed by atoms with van der Waals surface area (Å²) in [6.45, 7) is 0.945. The van der Waals surface area contributed by atoms with Crippen LogP contribution in [0.3, 0.4) is 0 Å². The van der Waals surface area contributed by atoms with Gasteiger partial charge in [-0.05, 0) is 24.3 Å². The summed E-state index contributed by atoms with van der Waals surface area (Å²) >= 11 is 0. The van der Waals surface area contributed by atoms with E-state index in [1.807, 2.05) is 0 Å². The molecule has 9 nitrogen and oxygen atoms in total. The number of para-hydroxylation sites is 2. The first-order valence-corrected chi connectivity index (χ1v) is 11.8. The van der Waals surface area contributed by atoms with Gasteiger partial charge in [-0.15, -0.1) is 21.2 Å². The predicted molar refractivity (Wildman–Crippen MR) is 119 cm³/mol. The van der Waals surface area contributed by atoms with Crippen LogP contribution < -0.4 is 16.0 Å². The van der Waals surface area contributed by atoms with Crippen LogP contribution in [0.5, 0.6) is 0 Å². The van der Waals surface area contributed by atoms with E-state index >= 15 is 0 Å². The molecule has 12 heteroatoms. The molecule has 0 saturated heterocycles. The Labute approximate surface area is 181 Å². The molecule has 0 bridgehead atoms. The van der Waals surface area contributed by atoms with Gasteiger partial charge in [0.1, 0.15) is 21.5 Å². The van der Waals surface area contributed by atoms with Gasteiger partial charge in [-0.25, -0.2) is 0 Å². The molecule has 0 aromatic heterocycles. The molecule has 0 aliphatic carbocycles. The third kappa shape index (κ3) is 4.64. The van der Waals surface area contributed by atoms with Gasteiger partial charge < -0.3 is 16.0 Å². The van der Waals surface area contributed by atoms with Crippen LogP contribution in [0.15, 0.2) is 67.1 Å². The van der Waals surface area contributed by atoms with Crippen LogP contribution in [0.2, 0.25) is 0 Å². The van der Waals surface area contributed by atoms with Crippen LogP contribution in [0.1, 0.15) is 12.8 Å². The van der Waals surface area contributed by atoms with Crippen molar-refractivity contribution in [1.29, 1.82) is 0 Å². The molecule has 4 rings (SSSR count). The minimum Gasteiger partial charge on any atom is -0.342 e. The monoisotopic (exact) mass is 469 g/mol. The van der Waals surface area contributed by atoms with E-state index in [2.05, 4.69) is 24.7 Å². The molecular formula is C18H20ClN5O4S2. The molecular weight excluding hydrogens is 450 g/mol. The fraction of sp³-hybridized carbons (Fsp3) is 0.222. The molecule has 2 aromatic carbocycles. The topological polar surface area (TPSA) is 129 Å². The predicted octanol–water partition coefficient (Wildman–Crippen LogP) is 2.20. The van der Waals surface area contributed by atoms with Gasteiger partial charge in [0.2, 0.25) is 0 Å². The van der Waals surface area contributed by atoms with Crippen molar-refractivity contribution in [3.05, 3.63) is 48.5 Å². The summed E-state index contributed by atoms with van der Waals surface area (Å²) in [5, 5.41) is 9.21. The molecule has 160 valence electrons. The Bertz CT molecular complexity index is 1130. The first kappa shape index (κ1) is 22.2. The maximum Gasteiger partial charge on any atom is 0.286 e. The summed E-state index contributed by atoms with van der Waals surface area (Å²) in [6.07, 6.45) is 0.767. The van der Waals surface area contributed by atoms with E-state index in [1.54, 1.807) is 36.4 Å². The van der Waals surface area contributed by atoms with Gasteiger partial charge in [0.05, 0.1) is 11.4 Å². The summed E-state index contributed by atoms with van der Waals surface area (Å²) in [5.74, 6) is 0.724. The Kier molecular flexibility index (Phi) is 6.46. The molecule has 2 aromatic rings. The fourth-order valence-corrected chi connectivity index (χ4v) is 5.44. The summed E-state index contributed by atoms with van der Waals surface area (Å²) in [4.78, 5) is 0.333. The van der Waals surface area contributed by atoms with Gasteiger partial charge >= 0.3 is 0 Å². The SMILES string of the molecule is Cl.O=S1(=O)N=C(CCNCCC2=NS(=O)(=O)c3ccccc3N2)Nc2ccccc21. The Morgan fingerprint density at radius 3 is 1.53 bits per heavy atom. The largest absolute Gasteiger partial charge is 0.342 e. The van der Waals surface area contributed by atoms with E-state index in [9.17, 15) is 16.8 Å². The number of nitrogens with one attached hydrogen (secondary N) is 3. The summed E-state index contributed by atoms with van der Waals surface area (Å²) < 4.78 is 56.5. The molecule has 2 heterocycles. The van der Waals surface area contributed by atoms with Crippen LogP contribution in [-0.2, 0) is 20.0 Å². The number of fused-ring (bicyclic) bond motifs is 2. The number of rotatable bonds is 6. The second kappa shape index (κ2) is 8.72. The maximum absolute atomic E-state index is 12.2. The lowest BCUT2D eigenvalue weighted by atomic mass is 10.3. The van der Waals surface area contributed by atoms with Crippen molar-refractivity contribution >= 4 is 55.5 Å². The molecule has 0 fully saturated rings. The van der Waals surface area contributed by atoms with Crippen molar-refractivity contribution in [2.75, 3.05) is 23.7 Å². The lowest BCUT2D eigenvalue weighted by molar-refractivity contribution is 0.596. The maximum atomic E-state index is 12.2. The highest BCUT2D eigenvalue weighted by atomic mass is 35.5. The van der Waals surface area contributed by atoms with Gasteiger partial charge in [-0.1, -0.05) is 24.3 Å². The number of benzene rings is 2. The minimum atomic E-state index is -3.69. The number of nitrogens with zero attached hydrogens (tertiary/aromatic N) is 2. The van der Waals surface area contributed by atoms with Crippen molar-refractivity contribution in [1.82, 2.24) is 5.32 Å². The lowest BCUT2D eigenvalue weighted by Crippen LogP contribution is -2.29. The standard InChI is InChI=1S/C18H19N5O4S2.ClH/c24-28(25)15-7-3-1-5-13(15)20-17(22-28)9-11-19-12-10-18-21-14-6-2-4-8-16(14)29(26,27)23-18;/h1-8,19H,9-12H2,(H,20,22)(H,21,23);1H. The zero-order chi connectivity index (χ0) is 20.5. The quantitative estimate of drug-likeness (QED) is 0.553. The highest BCUT2D eigenvalue weighted by molar-refractivity contribution is 7.90. The average Bonchev–Trinajstić information content (AvgIpc) is 2.67. The number of anilines is 2. The molecule has 3 N–H and O–H groups in total. The second-order valence-electron chi connectivity index (χ2n) is 6.52. The van der Waals surface area contributed by atoms with Crippen LogP contribution >= 0.6 is 12.4 Å². The normalized spacial score (nSPS) is 17.7. The third-order valence-electron chi connectivity index (χ3n) is 4.43. The molecule has 0 unspecified atom stereocenters. The van der Waals surface area contributed by atoms with E-state index in [4.69, 9.17) is 0 Å². The van der Waals surface area contributed by atoms with Crippen molar-refractivity contribution in [2.45, 2.75) is 22.6 Å². The molecule has 30 heavy (non-hydrogen) atoms. The Morgan fingerprint density at radius 1 is 0.700 bits per heavy atom. The molecule has 0 saturated carbocycles. The number of sulfonamides is 2. The zero-order valence-corrected chi connectivity index (χ0v) is 18.1. The molecule has 0 spiro atoms. The Morgan fingerprint density at radius 2 is 1.10 bits per heavy atom. The molecule has 0 atom stereocenters. The second-order valence-corrected chi connectivity index (χ2v) is 9.66. The van der Waals surface area contributed by atoms with E-state index in [1.165, 1.54) is 12.1 Å². The molecule has 0 amide bonds. The first-order chi connectivity index (χ1) is 13.9. The van der Waals surface area contributed by atoms with E-state index in [0.717, 1.165) is 0 Å². The van der Waals surface area contributed by atoms with E-state index < -0.39 is 20.0 Å². The first-order valence-electron chi connectivity index (χ1n) is 8.96. The summed E-state index contributed by atoms with van der Waals surface area (Å²) in [6, 6.07) is 13.2. The lowest BCUT2D eigenvalue weighted by Gasteiger charge is -2.19. The van der Waals surface area contributed by atoms with Crippen LogP contribution in [0, 0.1) is 0 Å². The molecule has 2 aliphatic rings. The van der Waals surface area contributed by atoms with Crippen molar-refractivity contribution in [3.63, 3.8) is 0 Å². The van der Waals surface area contributed by atoms with Gasteiger partial charge in [0, 0.05) is 25.9 Å². The zero-order valence-electron chi connectivity index (χ0n) is 15.7. The van der Waals surface area contributed by atoms with Gasteiger partial charge in [-0.2, -0.15) is 16.8 Å². The van der Waals surface area contributed by atoms with E-state index in [-0.39, 0.29) is 22.2 Å². The Hall–Kier alpha value is -2.47. The number of halogens is 1. The number of hydrogen-bond acceptors (Lipinski definition) is 7. The van der Waals surface area contributed by atoms with Gasteiger partial charge in [0.15, 0.2) is 0 Å². The van der Waals surface area contributed by atoms with Crippen molar-refractivity contribution in [2.24, 2.45) is 8.80 Å². The minimum absolute atomic E-state index is 0. The van der Waals surface area contributed by atoms with Crippen LogP contribution in [0.25, 0.3) is 0 Å². The highest BCUT2D eigenvalue weighted by Crippen LogP contribution is 2.28. The average molecular weight is 470 g/mol. The summed E-state index contributed by atoms with van der Waals surface area (Å²) in [5.41, 5.74) is 1.03. The van der Waals surface area contributed by atoms with Gasteiger partial charge in [0.25, 0.3) is 20.0 Å². The Balaban J connectivity index is 0.00000256. The molecule has 0 radical (unpaired) electrons. The number of amidine groups is 2. The van der Waals surface area contributed by atoms with Crippen LogP contribution in [-0.4, -0.2) is 41.6 Å². The number of hydrogen-bond donors (Lipinski definition) is 3. The highest BCUT2D eigenvalue weighted by Gasteiger charge is 2.25. The van der Waals surface area contributed by atoms with E-state index in [0.29, 0.717) is 49.0 Å². The van der Waals surface area contributed by atoms with Crippen LogP contribution in [0.4, 0.5) is 11.4 Å². The third-order valence-corrected chi connectivity index (χ3v) is 7.17. The van der Waals surface area contributed by atoms with Crippen molar-refractivity contribution < 1.29 is 16.8 Å². The van der Waals surface area contributed by atoms with Crippen molar-refractivity contribution in [3.8, 4) is 0 Å². The van der Waals surface area contributed by atoms with Gasteiger partial charge in [-0.3, -0.25) is 0 Å². The molecule has 2 aliphatic heterocycles.